The fourth-order valence-corrected chi connectivity index (χ4v) is 1.71. The fourth-order valence-electron chi connectivity index (χ4n) is 0.796. The molecule has 0 heterocycles. The van der Waals surface area contributed by atoms with Crippen LogP contribution >= 0.6 is 11.8 Å². The van der Waals surface area contributed by atoms with Gasteiger partial charge in [-0.3, -0.25) is 0 Å². The molecule has 0 saturated heterocycles. The molecule has 1 aliphatic rings. The monoisotopic (exact) mass is 140 g/mol. The Labute approximate surface area is 61.0 Å². The summed E-state index contributed by atoms with van der Waals surface area (Å²) in [5.74, 6) is 0. The summed E-state index contributed by atoms with van der Waals surface area (Å²) < 4.78 is 0. The normalized spacial score (nSPS) is 17.0. The Bertz CT molecular complexity index is 143. The minimum Gasteiger partial charge on any atom is -0.124 e. The van der Waals surface area contributed by atoms with Crippen molar-refractivity contribution in [1.82, 2.24) is 0 Å². The third-order valence-electron chi connectivity index (χ3n) is 1.11. The first-order valence-electron chi connectivity index (χ1n) is 3.32. The van der Waals surface area contributed by atoms with Gasteiger partial charge in [-0.1, -0.05) is 32.1 Å². The summed E-state index contributed by atoms with van der Waals surface area (Å²) in [6.45, 7) is 4.44. The van der Waals surface area contributed by atoms with Crippen LogP contribution in [0.25, 0.3) is 0 Å². The second kappa shape index (κ2) is 3.11. The summed E-state index contributed by atoms with van der Waals surface area (Å²) in [6.07, 6.45) is 7.80. The molecule has 0 unspecified atom stereocenters. The largest absolute Gasteiger partial charge is 0.124 e. The lowest BCUT2D eigenvalue weighted by molar-refractivity contribution is 1.12. The van der Waals surface area contributed by atoms with E-state index >= 15 is 0 Å². The molecule has 0 aromatic carbocycles. The SMILES string of the molecule is CC(C)SC1=CCC=C1. The van der Waals surface area contributed by atoms with Crippen LogP contribution in [-0.4, -0.2) is 5.25 Å². The molecule has 0 bridgehead atoms. The molecule has 0 aliphatic heterocycles. The molecule has 1 aliphatic carbocycles. The molecule has 0 atom stereocenters. The number of hydrogen-bond donors (Lipinski definition) is 0. The topological polar surface area (TPSA) is 0 Å². The van der Waals surface area contributed by atoms with E-state index in [0.717, 1.165) is 11.7 Å². The van der Waals surface area contributed by atoms with E-state index in [9.17, 15) is 0 Å². The second-order valence-electron chi connectivity index (χ2n) is 2.41. The van der Waals surface area contributed by atoms with E-state index in [1.54, 1.807) is 0 Å². The molecule has 0 aromatic rings. The van der Waals surface area contributed by atoms with Crippen LogP contribution in [0.5, 0.6) is 0 Å². The molecule has 0 spiro atoms. The van der Waals surface area contributed by atoms with E-state index in [-0.39, 0.29) is 0 Å². The van der Waals surface area contributed by atoms with E-state index in [1.165, 1.54) is 4.91 Å². The minimum atomic E-state index is 0.721. The Morgan fingerprint density at radius 2 is 2.33 bits per heavy atom. The Balaban J connectivity index is 2.35. The van der Waals surface area contributed by atoms with Crippen molar-refractivity contribution in [2.45, 2.75) is 25.5 Å². The van der Waals surface area contributed by atoms with Crippen molar-refractivity contribution in [3.8, 4) is 0 Å². The van der Waals surface area contributed by atoms with Gasteiger partial charge in [-0.25, -0.2) is 0 Å². The zero-order valence-electron chi connectivity index (χ0n) is 5.92. The molecular formula is C8H12S. The smallest absolute Gasteiger partial charge is 0.00376 e. The van der Waals surface area contributed by atoms with Gasteiger partial charge in [0.25, 0.3) is 0 Å². The predicted molar refractivity (Wildman–Crippen MR) is 44.6 cm³/mol. The molecule has 1 rings (SSSR count). The second-order valence-corrected chi connectivity index (χ2v) is 4.06. The number of rotatable bonds is 2. The molecule has 0 radical (unpaired) electrons. The summed E-state index contributed by atoms with van der Waals surface area (Å²) >= 11 is 1.94. The van der Waals surface area contributed by atoms with Gasteiger partial charge in [0.2, 0.25) is 0 Å². The lowest BCUT2D eigenvalue weighted by atomic mass is 10.5. The van der Waals surface area contributed by atoms with E-state index in [2.05, 4.69) is 32.1 Å². The zero-order chi connectivity index (χ0) is 6.69. The summed E-state index contributed by atoms with van der Waals surface area (Å²) in [5.41, 5.74) is 0. The van der Waals surface area contributed by atoms with Gasteiger partial charge in [0.05, 0.1) is 0 Å². The Kier molecular flexibility index (Phi) is 2.40. The molecule has 1 heteroatoms. The molecule has 0 aromatic heterocycles. The van der Waals surface area contributed by atoms with Crippen molar-refractivity contribution < 1.29 is 0 Å². The summed E-state index contributed by atoms with van der Waals surface area (Å²) in [6, 6.07) is 0. The van der Waals surface area contributed by atoms with Gasteiger partial charge < -0.3 is 0 Å². The van der Waals surface area contributed by atoms with Crippen LogP contribution in [0.1, 0.15) is 20.3 Å². The Morgan fingerprint density at radius 3 is 2.78 bits per heavy atom. The van der Waals surface area contributed by atoms with E-state index in [4.69, 9.17) is 0 Å². The molecular weight excluding hydrogens is 128 g/mol. The fraction of sp³-hybridized carbons (Fsp3) is 0.500. The maximum atomic E-state index is 2.27. The van der Waals surface area contributed by atoms with Crippen LogP contribution in [0.4, 0.5) is 0 Å². The van der Waals surface area contributed by atoms with Crippen LogP contribution in [0, 0.1) is 0 Å². The summed E-state index contributed by atoms with van der Waals surface area (Å²) in [7, 11) is 0. The van der Waals surface area contributed by atoms with Crippen LogP contribution in [-0.2, 0) is 0 Å². The third kappa shape index (κ3) is 2.27. The van der Waals surface area contributed by atoms with Gasteiger partial charge in [-0.15, -0.1) is 11.8 Å². The predicted octanol–water partition coefficient (Wildman–Crippen LogP) is 2.97. The molecule has 0 saturated carbocycles. The third-order valence-corrected chi connectivity index (χ3v) is 2.16. The van der Waals surface area contributed by atoms with E-state index < -0.39 is 0 Å². The lowest BCUT2D eigenvalue weighted by Gasteiger charge is -2.01. The maximum absolute atomic E-state index is 2.27. The van der Waals surface area contributed by atoms with Gasteiger partial charge >= 0.3 is 0 Å². The van der Waals surface area contributed by atoms with Crippen molar-refractivity contribution >= 4 is 11.8 Å². The average Bonchev–Trinajstić information content (AvgIpc) is 2.15. The van der Waals surface area contributed by atoms with Gasteiger partial charge in [-0.05, 0) is 6.42 Å². The van der Waals surface area contributed by atoms with Crippen molar-refractivity contribution in [2.75, 3.05) is 0 Å². The average molecular weight is 140 g/mol. The highest BCUT2D eigenvalue weighted by molar-refractivity contribution is 8.03. The quantitative estimate of drug-likeness (QED) is 0.568. The standard InChI is InChI=1S/C8H12S/c1-7(2)9-8-5-3-4-6-8/h3,5-7H,4H2,1-2H3. The first kappa shape index (κ1) is 6.94. The highest BCUT2D eigenvalue weighted by Gasteiger charge is 1.99. The molecule has 9 heavy (non-hydrogen) atoms. The highest BCUT2D eigenvalue weighted by atomic mass is 32.2. The number of allylic oxidation sites excluding steroid dienone is 3. The number of hydrogen-bond acceptors (Lipinski definition) is 1. The molecule has 0 N–H and O–H groups in total. The van der Waals surface area contributed by atoms with Crippen LogP contribution in [0.3, 0.4) is 0 Å². The Hall–Kier alpha value is -0.170. The van der Waals surface area contributed by atoms with Crippen molar-refractivity contribution in [1.29, 1.82) is 0 Å². The molecule has 50 valence electrons. The van der Waals surface area contributed by atoms with Crippen LogP contribution < -0.4 is 0 Å². The number of thioether (sulfide) groups is 1. The lowest BCUT2D eigenvalue weighted by Crippen LogP contribution is -1.84. The first-order valence-corrected chi connectivity index (χ1v) is 4.20. The summed E-state index contributed by atoms with van der Waals surface area (Å²) in [5, 5.41) is 0.721. The van der Waals surface area contributed by atoms with Gasteiger partial charge in [0.1, 0.15) is 0 Å². The maximum Gasteiger partial charge on any atom is 0.00376 e. The molecule has 0 amide bonds. The Morgan fingerprint density at radius 1 is 1.56 bits per heavy atom. The van der Waals surface area contributed by atoms with Crippen LogP contribution in [0.2, 0.25) is 0 Å². The minimum absolute atomic E-state index is 0.721. The van der Waals surface area contributed by atoms with Crippen molar-refractivity contribution in [3.63, 3.8) is 0 Å². The van der Waals surface area contributed by atoms with E-state index in [0.29, 0.717) is 0 Å². The molecule has 0 nitrogen and oxygen atoms in total. The van der Waals surface area contributed by atoms with Gasteiger partial charge in [-0.2, -0.15) is 0 Å². The van der Waals surface area contributed by atoms with Gasteiger partial charge in [0.15, 0.2) is 0 Å². The van der Waals surface area contributed by atoms with Crippen LogP contribution in [0.15, 0.2) is 23.1 Å². The first-order chi connectivity index (χ1) is 4.29. The molecule has 0 fully saturated rings. The van der Waals surface area contributed by atoms with E-state index in [1.807, 2.05) is 11.8 Å². The van der Waals surface area contributed by atoms with Crippen molar-refractivity contribution in [3.05, 3.63) is 23.1 Å². The van der Waals surface area contributed by atoms with Crippen molar-refractivity contribution in [2.24, 2.45) is 0 Å². The van der Waals surface area contributed by atoms with Gasteiger partial charge in [0, 0.05) is 10.2 Å². The summed E-state index contributed by atoms with van der Waals surface area (Å²) in [4.78, 5) is 1.44. The zero-order valence-corrected chi connectivity index (χ0v) is 6.74. The highest BCUT2D eigenvalue weighted by Crippen LogP contribution is 2.25.